The van der Waals surface area contributed by atoms with E-state index in [2.05, 4.69) is 5.32 Å². The summed E-state index contributed by atoms with van der Waals surface area (Å²) in [6.45, 7) is 2.35. The summed E-state index contributed by atoms with van der Waals surface area (Å²) >= 11 is 10.7. The second-order valence-corrected chi connectivity index (χ2v) is 4.39. The second kappa shape index (κ2) is 5.82. The molecular formula is C11H13ClN2OS. The van der Waals surface area contributed by atoms with Crippen LogP contribution in [0.15, 0.2) is 18.2 Å². The number of nitrogens with one attached hydrogen (secondary N) is 1. The van der Waals surface area contributed by atoms with E-state index in [1.54, 1.807) is 12.1 Å². The zero-order valence-corrected chi connectivity index (χ0v) is 10.5. The van der Waals surface area contributed by atoms with Crippen molar-refractivity contribution in [2.45, 2.75) is 13.3 Å². The van der Waals surface area contributed by atoms with Crippen molar-refractivity contribution in [1.29, 1.82) is 0 Å². The molecule has 0 bridgehead atoms. The van der Waals surface area contributed by atoms with Crippen molar-refractivity contribution < 1.29 is 4.79 Å². The Morgan fingerprint density at radius 3 is 2.81 bits per heavy atom. The molecule has 0 fully saturated rings. The predicted octanol–water partition coefficient (Wildman–Crippen LogP) is 2.05. The standard InChI is InChI=1S/C11H13ClN2OS/c1-7-2-3-8(9(12)6-7)11(15)14-5-4-10(13)16/h2-3,6H,4-5H2,1H3,(H2,13,16)(H,14,15). The van der Waals surface area contributed by atoms with Gasteiger partial charge in [-0.25, -0.2) is 0 Å². The molecule has 5 heteroatoms. The summed E-state index contributed by atoms with van der Waals surface area (Å²) in [6.07, 6.45) is 0.491. The summed E-state index contributed by atoms with van der Waals surface area (Å²) in [6, 6.07) is 5.30. The molecule has 0 saturated heterocycles. The van der Waals surface area contributed by atoms with Gasteiger partial charge in [0, 0.05) is 13.0 Å². The van der Waals surface area contributed by atoms with Gasteiger partial charge < -0.3 is 11.1 Å². The molecule has 0 aliphatic carbocycles. The van der Waals surface area contributed by atoms with Gasteiger partial charge in [-0.1, -0.05) is 29.9 Å². The van der Waals surface area contributed by atoms with E-state index < -0.39 is 0 Å². The van der Waals surface area contributed by atoms with E-state index in [-0.39, 0.29) is 5.91 Å². The highest BCUT2D eigenvalue weighted by Gasteiger charge is 2.09. The number of carbonyl (C=O) groups is 1. The molecule has 0 aliphatic rings. The van der Waals surface area contributed by atoms with Gasteiger partial charge in [0.05, 0.1) is 15.6 Å². The van der Waals surface area contributed by atoms with Gasteiger partial charge in [-0.3, -0.25) is 4.79 Å². The lowest BCUT2D eigenvalue weighted by Gasteiger charge is -2.06. The van der Waals surface area contributed by atoms with E-state index >= 15 is 0 Å². The van der Waals surface area contributed by atoms with Crippen LogP contribution in [0.4, 0.5) is 0 Å². The molecule has 1 amide bonds. The second-order valence-electron chi connectivity index (χ2n) is 3.46. The maximum atomic E-state index is 11.7. The van der Waals surface area contributed by atoms with Crippen LogP contribution in [0.1, 0.15) is 22.3 Å². The number of hydrogen-bond donors (Lipinski definition) is 2. The summed E-state index contributed by atoms with van der Waals surface area (Å²) in [5.74, 6) is -0.207. The third-order valence-corrected chi connectivity index (χ3v) is 2.54. The van der Waals surface area contributed by atoms with E-state index in [4.69, 9.17) is 29.6 Å². The van der Waals surface area contributed by atoms with Crippen LogP contribution < -0.4 is 11.1 Å². The first-order valence-corrected chi connectivity index (χ1v) is 5.62. The van der Waals surface area contributed by atoms with Gasteiger partial charge in [0.2, 0.25) is 0 Å². The molecule has 0 aliphatic heterocycles. The van der Waals surface area contributed by atoms with Gasteiger partial charge in [-0.05, 0) is 24.6 Å². The van der Waals surface area contributed by atoms with Gasteiger partial charge in [0.15, 0.2) is 0 Å². The minimum absolute atomic E-state index is 0.207. The Morgan fingerprint density at radius 1 is 1.56 bits per heavy atom. The van der Waals surface area contributed by atoms with Crippen LogP contribution in [-0.2, 0) is 0 Å². The van der Waals surface area contributed by atoms with Crippen LogP contribution in [-0.4, -0.2) is 17.4 Å². The van der Waals surface area contributed by atoms with Gasteiger partial charge >= 0.3 is 0 Å². The Kier molecular flexibility index (Phi) is 4.71. The molecule has 0 atom stereocenters. The summed E-state index contributed by atoms with van der Waals surface area (Å²) < 4.78 is 0. The van der Waals surface area contributed by atoms with E-state index in [9.17, 15) is 4.79 Å². The Morgan fingerprint density at radius 2 is 2.25 bits per heavy atom. The molecule has 0 unspecified atom stereocenters. The summed E-state index contributed by atoms with van der Waals surface area (Å²) in [5, 5.41) is 3.15. The zero-order chi connectivity index (χ0) is 12.1. The first kappa shape index (κ1) is 12.9. The Hall–Kier alpha value is -1.13. The van der Waals surface area contributed by atoms with Crippen molar-refractivity contribution in [2.75, 3.05) is 6.54 Å². The van der Waals surface area contributed by atoms with E-state index in [1.165, 1.54) is 0 Å². The average Bonchev–Trinajstić information content (AvgIpc) is 2.16. The number of halogens is 1. The highest BCUT2D eigenvalue weighted by Crippen LogP contribution is 2.17. The summed E-state index contributed by atoms with van der Waals surface area (Å²) in [5.41, 5.74) is 6.81. The first-order chi connectivity index (χ1) is 7.50. The molecule has 0 saturated carbocycles. The third kappa shape index (κ3) is 3.79. The molecule has 3 N–H and O–H groups in total. The monoisotopic (exact) mass is 256 g/mol. The number of carbonyl (C=O) groups excluding carboxylic acids is 1. The molecule has 0 aromatic heterocycles. The largest absolute Gasteiger partial charge is 0.393 e. The van der Waals surface area contributed by atoms with Crippen LogP contribution in [0.3, 0.4) is 0 Å². The summed E-state index contributed by atoms with van der Waals surface area (Å²) in [4.78, 5) is 12.1. The fourth-order valence-electron chi connectivity index (χ4n) is 1.20. The van der Waals surface area contributed by atoms with Gasteiger partial charge in [0.1, 0.15) is 0 Å². The van der Waals surface area contributed by atoms with Crippen molar-refractivity contribution in [1.82, 2.24) is 5.32 Å². The van der Waals surface area contributed by atoms with Crippen LogP contribution in [0.25, 0.3) is 0 Å². The lowest BCUT2D eigenvalue weighted by Crippen LogP contribution is -2.27. The normalized spacial score (nSPS) is 9.88. The molecule has 0 spiro atoms. The first-order valence-electron chi connectivity index (χ1n) is 4.83. The third-order valence-electron chi connectivity index (χ3n) is 2.03. The number of nitrogens with two attached hydrogens (primary N) is 1. The number of thiocarbonyl (C=S) groups is 1. The number of amides is 1. The zero-order valence-electron chi connectivity index (χ0n) is 8.92. The van der Waals surface area contributed by atoms with Gasteiger partial charge in [0.25, 0.3) is 5.91 Å². The molecular weight excluding hydrogens is 244 g/mol. The van der Waals surface area contributed by atoms with Crippen molar-refractivity contribution in [3.8, 4) is 0 Å². The smallest absolute Gasteiger partial charge is 0.252 e. The molecule has 1 aromatic carbocycles. The van der Waals surface area contributed by atoms with Crippen LogP contribution >= 0.6 is 23.8 Å². The number of aryl methyl sites for hydroxylation is 1. The van der Waals surface area contributed by atoms with Crippen LogP contribution in [0.2, 0.25) is 5.02 Å². The number of rotatable bonds is 4. The highest BCUT2D eigenvalue weighted by atomic mass is 35.5. The molecule has 16 heavy (non-hydrogen) atoms. The van der Waals surface area contributed by atoms with E-state index in [0.717, 1.165) is 5.56 Å². The van der Waals surface area contributed by atoms with Crippen molar-refractivity contribution in [3.63, 3.8) is 0 Å². The predicted molar refractivity (Wildman–Crippen MR) is 69.9 cm³/mol. The van der Waals surface area contributed by atoms with Crippen molar-refractivity contribution in [2.24, 2.45) is 5.73 Å². The fraction of sp³-hybridized carbons (Fsp3) is 0.273. The average molecular weight is 257 g/mol. The molecule has 0 radical (unpaired) electrons. The van der Waals surface area contributed by atoms with Crippen LogP contribution in [0.5, 0.6) is 0 Å². The summed E-state index contributed by atoms with van der Waals surface area (Å²) in [7, 11) is 0. The number of hydrogen-bond acceptors (Lipinski definition) is 2. The maximum Gasteiger partial charge on any atom is 0.252 e. The lowest BCUT2D eigenvalue weighted by molar-refractivity contribution is 0.0955. The Bertz CT molecular complexity index is 420. The maximum absolute atomic E-state index is 11.7. The molecule has 1 rings (SSSR count). The van der Waals surface area contributed by atoms with Crippen molar-refractivity contribution >= 4 is 34.7 Å². The minimum atomic E-state index is -0.207. The molecule has 3 nitrogen and oxygen atoms in total. The Labute approximate surface area is 105 Å². The molecule has 0 heterocycles. The highest BCUT2D eigenvalue weighted by molar-refractivity contribution is 7.80. The fourth-order valence-corrected chi connectivity index (χ4v) is 1.62. The topological polar surface area (TPSA) is 55.1 Å². The van der Waals surface area contributed by atoms with E-state index in [1.807, 2.05) is 13.0 Å². The quantitative estimate of drug-likeness (QED) is 0.811. The molecule has 1 aromatic rings. The SMILES string of the molecule is Cc1ccc(C(=O)NCCC(N)=S)c(Cl)c1. The minimum Gasteiger partial charge on any atom is -0.393 e. The van der Waals surface area contributed by atoms with Crippen LogP contribution in [0, 0.1) is 6.92 Å². The van der Waals surface area contributed by atoms with Gasteiger partial charge in [-0.2, -0.15) is 0 Å². The lowest BCUT2D eigenvalue weighted by atomic mass is 10.1. The van der Waals surface area contributed by atoms with Crippen molar-refractivity contribution in [3.05, 3.63) is 34.3 Å². The Balaban J connectivity index is 2.63. The van der Waals surface area contributed by atoms with E-state index in [0.29, 0.717) is 28.5 Å². The van der Waals surface area contributed by atoms with Gasteiger partial charge in [-0.15, -0.1) is 0 Å². The number of benzene rings is 1. The molecule has 86 valence electrons.